The van der Waals surface area contributed by atoms with Gasteiger partial charge in [-0.2, -0.15) is 0 Å². The van der Waals surface area contributed by atoms with Crippen LogP contribution in [0.2, 0.25) is 0 Å². The van der Waals surface area contributed by atoms with Crippen LogP contribution < -0.4 is 0 Å². The van der Waals surface area contributed by atoms with Gasteiger partial charge in [0.25, 0.3) is 0 Å². The molecule has 0 bridgehead atoms. The van der Waals surface area contributed by atoms with Gasteiger partial charge in [0.05, 0.1) is 13.4 Å². The first kappa shape index (κ1) is 12.3. The number of nitrogens with zero attached hydrogens (tertiary/aromatic N) is 1. The lowest BCUT2D eigenvalue weighted by molar-refractivity contribution is -0.142. The summed E-state index contributed by atoms with van der Waals surface area (Å²) in [5.41, 5.74) is 0. The van der Waals surface area contributed by atoms with Crippen molar-refractivity contribution < 1.29 is 13.9 Å². The molecule has 0 N–H and O–H groups in total. The van der Waals surface area contributed by atoms with Crippen LogP contribution >= 0.6 is 11.8 Å². The van der Waals surface area contributed by atoms with Crippen LogP contribution in [0.4, 0.5) is 0 Å². The molecule has 1 fully saturated rings. The highest BCUT2D eigenvalue weighted by molar-refractivity contribution is 8.00. The molecular weight excluding hydrogens is 238 g/mol. The Balaban J connectivity index is 1.88. The van der Waals surface area contributed by atoms with Crippen molar-refractivity contribution in [1.29, 1.82) is 0 Å². The third-order valence-electron chi connectivity index (χ3n) is 2.55. The Morgan fingerprint density at radius 3 is 3.35 bits per heavy atom. The van der Waals surface area contributed by atoms with E-state index in [2.05, 4.69) is 4.90 Å². The van der Waals surface area contributed by atoms with E-state index in [1.807, 2.05) is 24.3 Å². The van der Waals surface area contributed by atoms with Crippen LogP contribution in [0.1, 0.15) is 5.76 Å². The summed E-state index contributed by atoms with van der Waals surface area (Å²) >= 11 is 1.63. The highest BCUT2D eigenvalue weighted by atomic mass is 32.2. The Labute approximate surface area is 105 Å². The molecule has 1 aliphatic rings. The number of methoxy groups -OCH3 is 1. The zero-order valence-corrected chi connectivity index (χ0v) is 10.5. The second-order valence-electron chi connectivity index (χ2n) is 3.66. The van der Waals surface area contributed by atoms with E-state index in [1.165, 1.54) is 7.11 Å². The van der Waals surface area contributed by atoms with E-state index < -0.39 is 0 Å². The van der Waals surface area contributed by atoms with E-state index in [-0.39, 0.29) is 11.3 Å². The topological polar surface area (TPSA) is 42.7 Å². The van der Waals surface area contributed by atoms with E-state index in [0.29, 0.717) is 0 Å². The van der Waals surface area contributed by atoms with Crippen molar-refractivity contribution in [2.75, 3.05) is 26.0 Å². The molecule has 0 saturated carbocycles. The Morgan fingerprint density at radius 2 is 2.65 bits per heavy atom. The first-order valence-electron chi connectivity index (χ1n) is 5.45. The fraction of sp³-hybridized carbons (Fsp3) is 0.417. The van der Waals surface area contributed by atoms with Crippen molar-refractivity contribution in [2.45, 2.75) is 5.37 Å². The maximum Gasteiger partial charge on any atom is 0.333 e. The van der Waals surface area contributed by atoms with Crippen molar-refractivity contribution in [3.63, 3.8) is 0 Å². The Bertz CT molecular complexity index is 388. The van der Waals surface area contributed by atoms with Gasteiger partial charge in [-0.1, -0.05) is 6.08 Å². The lowest BCUT2D eigenvalue weighted by Gasteiger charge is -2.19. The van der Waals surface area contributed by atoms with Crippen LogP contribution in [0.3, 0.4) is 0 Å². The van der Waals surface area contributed by atoms with E-state index in [1.54, 1.807) is 18.0 Å². The van der Waals surface area contributed by atoms with E-state index in [0.717, 1.165) is 24.6 Å². The van der Waals surface area contributed by atoms with Crippen molar-refractivity contribution in [3.05, 3.63) is 30.2 Å². The highest BCUT2D eigenvalue weighted by Gasteiger charge is 2.31. The van der Waals surface area contributed by atoms with Crippen molar-refractivity contribution in [1.82, 2.24) is 4.90 Å². The number of furan rings is 1. The molecule has 1 unspecified atom stereocenters. The summed E-state index contributed by atoms with van der Waals surface area (Å²) in [5, 5.41) is -0.166. The zero-order valence-electron chi connectivity index (χ0n) is 9.67. The lowest BCUT2D eigenvalue weighted by atomic mass is 10.3. The van der Waals surface area contributed by atoms with Crippen LogP contribution in [-0.4, -0.2) is 42.2 Å². The molecule has 0 aromatic carbocycles. The zero-order chi connectivity index (χ0) is 12.1. The largest absolute Gasteiger partial charge is 0.467 e. The van der Waals surface area contributed by atoms with Gasteiger partial charge in [-0.3, -0.25) is 4.90 Å². The molecule has 92 valence electrons. The number of carbonyl (C=O) groups is 1. The smallest absolute Gasteiger partial charge is 0.333 e. The van der Waals surface area contributed by atoms with Gasteiger partial charge in [-0.25, -0.2) is 4.79 Å². The van der Waals surface area contributed by atoms with Gasteiger partial charge in [-0.15, -0.1) is 11.8 Å². The summed E-state index contributed by atoms with van der Waals surface area (Å²) in [7, 11) is 1.43. The number of hydrogen-bond donors (Lipinski definition) is 0. The number of carbonyl (C=O) groups excluding carboxylic acids is 1. The van der Waals surface area contributed by atoms with Crippen LogP contribution in [0.25, 0.3) is 6.08 Å². The lowest BCUT2D eigenvalue weighted by Crippen LogP contribution is -2.35. The van der Waals surface area contributed by atoms with Crippen molar-refractivity contribution in [2.24, 2.45) is 0 Å². The SMILES string of the molecule is COC(=O)C1SCCN1CC=Cc1ccco1. The Hall–Kier alpha value is -1.20. The fourth-order valence-electron chi connectivity index (χ4n) is 1.70. The number of hydrogen-bond acceptors (Lipinski definition) is 5. The molecule has 0 radical (unpaired) electrons. The molecule has 0 spiro atoms. The molecule has 17 heavy (non-hydrogen) atoms. The van der Waals surface area contributed by atoms with Gasteiger partial charge in [0.1, 0.15) is 5.76 Å². The molecule has 2 rings (SSSR count). The summed E-state index contributed by atoms with van der Waals surface area (Å²) in [6.45, 7) is 1.64. The maximum atomic E-state index is 11.5. The molecule has 1 aromatic rings. The van der Waals surface area contributed by atoms with Crippen LogP contribution in [-0.2, 0) is 9.53 Å². The first-order chi connectivity index (χ1) is 8.31. The Morgan fingerprint density at radius 1 is 1.76 bits per heavy atom. The number of ether oxygens (including phenoxy) is 1. The third kappa shape index (κ3) is 3.14. The van der Waals surface area contributed by atoms with E-state index in [4.69, 9.17) is 9.15 Å². The molecule has 0 amide bonds. The molecule has 4 nitrogen and oxygen atoms in total. The summed E-state index contributed by atoms with van der Waals surface area (Å²) in [6, 6.07) is 3.75. The van der Waals surface area contributed by atoms with Crippen LogP contribution in [0, 0.1) is 0 Å². The predicted octanol–water partition coefficient (Wildman–Crippen LogP) is 1.84. The third-order valence-corrected chi connectivity index (χ3v) is 3.78. The molecule has 1 saturated heterocycles. The van der Waals surface area contributed by atoms with Gasteiger partial charge in [0, 0.05) is 18.8 Å². The summed E-state index contributed by atoms with van der Waals surface area (Å²) < 4.78 is 9.96. The minimum absolute atomic E-state index is 0.166. The fourth-order valence-corrected chi connectivity index (χ4v) is 2.90. The molecular formula is C12H15NO3S. The van der Waals surface area contributed by atoms with E-state index >= 15 is 0 Å². The molecule has 5 heteroatoms. The van der Waals surface area contributed by atoms with E-state index in [9.17, 15) is 4.79 Å². The summed E-state index contributed by atoms with van der Waals surface area (Å²) in [4.78, 5) is 13.6. The highest BCUT2D eigenvalue weighted by Crippen LogP contribution is 2.24. The van der Waals surface area contributed by atoms with Crippen molar-refractivity contribution >= 4 is 23.8 Å². The second kappa shape index (κ2) is 5.93. The maximum absolute atomic E-state index is 11.5. The average molecular weight is 253 g/mol. The van der Waals surface area contributed by atoms with Gasteiger partial charge < -0.3 is 9.15 Å². The van der Waals surface area contributed by atoms with Gasteiger partial charge in [-0.05, 0) is 18.2 Å². The minimum atomic E-state index is -0.168. The normalized spacial score (nSPS) is 21.1. The standard InChI is InChI=1S/C12H15NO3S/c1-15-12(14)11-13(7-9-17-11)6-2-4-10-5-3-8-16-10/h2-5,8,11H,6-7,9H2,1H3. The summed E-state index contributed by atoms with van der Waals surface area (Å²) in [5.74, 6) is 1.62. The molecule has 1 aliphatic heterocycles. The Kier molecular flexibility index (Phi) is 4.28. The minimum Gasteiger partial charge on any atom is -0.467 e. The first-order valence-corrected chi connectivity index (χ1v) is 6.49. The van der Waals surface area contributed by atoms with Gasteiger partial charge >= 0.3 is 5.97 Å². The molecule has 1 atom stereocenters. The second-order valence-corrected chi connectivity index (χ2v) is 4.85. The molecule has 0 aliphatic carbocycles. The van der Waals surface area contributed by atoms with Gasteiger partial charge in [0.15, 0.2) is 5.37 Å². The predicted molar refractivity (Wildman–Crippen MR) is 67.6 cm³/mol. The number of thioether (sulfide) groups is 1. The number of esters is 1. The molecule has 2 heterocycles. The van der Waals surface area contributed by atoms with Crippen LogP contribution in [0.15, 0.2) is 28.9 Å². The summed E-state index contributed by atoms with van der Waals surface area (Å²) in [6.07, 6.45) is 5.56. The molecule has 1 aromatic heterocycles. The number of rotatable bonds is 4. The van der Waals surface area contributed by atoms with Gasteiger partial charge in [0.2, 0.25) is 0 Å². The quantitative estimate of drug-likeness (QED) is 0.766. The average Bonchev–Trinajstić information content (AvgIpc) is 2.99. The monoisotopic (exact) mass is 253 g/mol. The van der Waals surface area contributed by atoms with Crippen molar-refractivity contribution in [3.8, 4) is 0 Å². The van der Waals surface area contributed by atoms with Crippen LogP contribution in [0.5, 0.6) is 0 Å².